The molecule has 0 spiro atoms. The number of rotatable bonds is 3. The number of hydrogen-bond acceptors (Lipinski definition) is 3. The van der Waals surface area contributed by atoms with E-state index in [1.807, 2.05) is 6.07 Å². The lowest BCUT2D eigenvalue weighted by atomic mass is 9.86. The molecule has 1 saturated heterocycles. The third kappa shape index (κ3) is 2.40. The first-order valence-electron chi connectivity index (χ1n) is 7.56. The summed E-state index contributed by atoms with van der Waals surface area (Å²) in [6, 6.07) is 3.73. The van der Waals surface area contributed by atoms with E-state index in [4.69, 9.17) is 0 Å². The van der Waals surface area contributed by atoms with Gasteiger partial charge >= 0.3 is 0 Å². The molecule has 0 aromatic heterocycles. The van der Waals surface area contributed by atoms with E-state index in [1.54, 1.807) is 6.07 Å². The Labute approximate surface area is 119 Å². The minimum Gasteiger partial charge on any atom is -0.506 e. The molecule has 108 valence electrons. The Bertz CT molecular complexity index is 525. The fourth-order valence-electron chi connectivity index (χ4n) is 3.54. The van der Waals surface area contributed by atoms with Gasteiger partial charge in [0.1, 0.15) is 5.75 Å². The van der Waals surface area contributed by atoms with Crippen LogP contribution in [0.3, 0.4) is 0 Å². The Balaban J connectivity index is 1.87. The van der Waals surface area contributed by atoms with Crippen LogP contribution in [0.5, 0.6) is 5.75 Å². The SMILES string of the molecule is CCCN1CCCC(c2ccc(O)c3c2CC(=O)N3)C1. The molecule has 20 heavy (non-hydrogen) atoms. The second-order valence-corrected chi connectivity index (χ2v) is 5.89. The van der Waals surface area contributed by atoms with Crippen molar-refractivity contribution in [3.05, 3.63) is 23.3 Å². The van der Waals surface area contributed by atoms with E-state index in [2.05, 4.69) is 17.1 Å². The Morgan fingerprint density at radius 1 is 1.45 bits per heavy atom. The summed E-state index contributed by atoms with van der Waals surface area (Å²) in [5, 5.41) is 12.7. The van der Waals surface area contributed by atoms with Crippen molar-refractivity contribution >= 4 is 11.6 Å². The summed E-state index contributed by atoms with van der Waals surface area (Å²) < 4.78 is 0. The summed E-state index contributed by atoms with van der Waals surface area (Å²) in [6.07, 6.45) is 3.97. The zero-order chi connectivity index (χ0) is 14.1. The molecule has 1 amide bonds. The third-order valence-electron chi connectivity index (χ3n) is 4.41. The van der Waals surface area contributed by atoms with Gasteiger partial charge in [-0.2, -0.15) is 0 Å². The van der Waals surface area contributed by atoms with Gasteiger partial charge in [-0.05, 0) is 55.5 Å². The highest BCUT2D eigenvalue weighted by molar-refractivity contribution is 6.01. The first kappa shape index (κ1) is 13.4. The monoisotopic (exact) mass is 274 g/mol. The molecule has 4 heteroatoms. The fourth-order valence-corrected chi connectivity index (χ4v) is 3.54. The molecule has 1 aromatic rings. The van der Waals surface area contributed by atoms with Crippen LogP contribution in [0, 0.1) is 0 Å². The number of aromatic hydroxyl groups is 1. The summed E-state index contributed by atoms with van der Waals surface area (Å²) in [6.45, 7) is 5.61. The molecule has 2 heterocycles. The molecule has 0 radical (unpaired) electrons. The number of piperidine rings is 1. The van der Waals surface area contributed by atoms with Crippen LogP contribution in [0.1, 0.15) is 43.2 Å². The number of benzene rings is 1. The molecule has 3 rings (SSSR count). The second-order valence-electron chi connectivity index (χ2n) is 5.89. The molecule has 1 unspecified atom stereocenters. The lowest BCUT2D eigenvalue weighted by Crippen LogP contribution is -2.35. The van der Waals surface area contributed by atoms with Gasteiger partial charge in [0.15, 0.2) is 0 Å². The number of anilines is 1. The van der Waals surface area contributed by atoms with Gasteiger partial charge in [-0.25, -0.2) is 0 Å². The molecular weight excluding hydrogens is 252 g/mol. The van der Waals surface area contributed by atoms with Crippen molar-refractivity contribution in [2.45, 2.75) is 38.5 Å². The van der Waals surface area contributed by atoms with Crippen LogP contribution < -0.4 is 5.32 Å². The maximum Gasteiger partial charge on any atom is 0.228 e. The van der Waals surface area contributed by atoms with Gasteiger partial charge in [0.05, 0.1) is 12.1 Å². The fraction of sp³-hybridized carbons (Fsp3) is 0.562. The topological polar surface area (TPSA) is 52.6 Å². The van der Waals surface area contributed by atoms with E-state index in [1.165, 1.54) is 31.4 Å². The predicted molar refractivity (Wildman–Crippen MR) is 79.1 cm³/mol. The molecule has 1 atom stereocenters. The summed E-state index contributed by atoms with van der Waals surface area (Å²) in [5.74, 6) is 0.664. The molecule has 1 fully saturated rings. The first-order chi connectivity index (χ1) is 9.69. The number of phenolic OH excluding ortho intramolecular Hbond substituents is 1. The summed E-state index contributed by atoms with van der Waals surface area (Å²) in [7, 11) is 0. The lowest BCUT2D eigenvalue weighted by Gasteiger charge is -2.33. The van der Waals surface area contributed by atoms with Gasteiger partial charge in [0.2, 0.25) is 5.91 Å². The van der Waals surface area contributed by atoms with Crippen molar-refractivity contribution in [1.29, 1.82) is 0 Å². The standard InChI is InChI=1S/C16H22N2O2/c1-2-7-18-8-3-4-11(10-18)12-5-6-14(19)16-13(12)9-15(20)17-16/h5-6,11,19H,2-4,7-10H2,1H3,(H,17,20). The quantitative estimate of drug-likeness (QED) is 0.833. The number of hydrogen-bond donors (Lipinski definition) is 2. The minimum atomic E-state index is -0.0102. The van der Waals surface area contributed by atoms with Crippen LogP contribution >= 0.6 is 0 Å². The third-order valence-corrected chi connectivity index (χ3v) is 4.41. The summed E-state index contributed by atoms with van der Waals surface area (Å²) >= 11 is 0. The maximum atomic E-state index is 11.6. The molecule has 1 aromatic carbocycles. The largest absolute Gasteiger partial charge is 0.506 e. The molecular formula is C16H22N2O2. The zero-order valence-electron chi connectivity index (χ0n) is 12.0. The first-order valence-corrected chi connectivity index (χ1v) is 7.56. The molecule has 0 aliphatic carbocycles. The van der Waals surface area contributed by atoms with Crippen molar-refractivity contribution in [2.75, 3.05) is 25.0 Å². The van der Waals surface area contributed by atoms with E-state index >= 15 is 0 Å². The molecule has 4 nitrogen and oxygen atoms in total. The molecule has 2 aliphatic rings. The number of carbonyl (C=O) groups is 1. The normalized spacial score (nSPS) is 22.6. The van der Waals surface area contributed by atoms with Gasteiger partial charge in [0, 0.05) is 6.54 Å². The molecule has 0 bridgehead atoms. The minimum absolute atomic E-state index is 0.0102. The van der Waals surface area contributed by atoms with Crippen LogP contribution in [0.15, 0.2) is 12.1 Å². The van der Waals surface area contributed by atoms with E-state index in [0.29, 0.717) is 18.0 Å². The van der Waals surface area contributed by atoms with Gasteiger partial charge in [-0.3, -0.25) is 4.79 Å². The highest BCUT2D eigenvalue weighted by Gasteiger charge is 2.29. The second kappa shape index (κ2) is 5.44. The Morgan fingerprint density at radius 2 is 2.30 bits per heavy atom. The number of phenols is 1. The van der Waals surface area contributed by atoms with Crippen molar-refractivity contribution in [3.8, 4) is 5.75 Å². The number of amides is 1. The highest BCUT2D eigenvalue weighted by Crippen LogP contribution is 2.40. The summed E-state index contributed by atoms with van der Waals surface area (Å²) in [5.41, 5.74) is 2.90. The van der Waals surface area contributed by atoms with E-state index in [0.717, 1.165) is 18.7 Å². The lowest BCUT2D eigenvalue weighted by molar-refractivity contribution is -0.115. The average molecular weight is 274 g/mol. The van der Waals surface area contributed by atoms with E-state index < -0.39 is 0 Å². The smallest absolute Gasteiger partial charge is 0.228 e. The zero-order valence-corrected chi connectivity index (χ0v) is 12.0. The van der Waals surface area contributed by atoms with Crippen molar-refractivity contribution in [1.82, 2.24) is 4.90 Å². The van der Waals surface area contributed by atoms with Crippen LogP contribution in [0.2, 0.25) is 0 Å². The molecule has 2 N–H and O–H groups in total. The number of carbonyl (C=O) groups excluding carboxylic acids is 1. The number of nitrogens with one attached hydrogen (secondary N) is 1. The molecule has 2 aliphatic heterocycles. The van der Waals surface area contributed by atoms with Crippen molar-refractivity contribution in [3.63, 3.8) is 0 Å². The van der Waals surface area contributed by atoms with Gasteiger partial charge in [-0.15, -0.1) is 0 Å². The van der Waals surface area contributed by atoms with Crippen LogP contribution in [-0.4, -0.2) is 35.5 Å². The number of likely N-dealkylation sites (tertiary alicyclic amines) is 1. The van der Waals surface area contributed by atoms with Gasteiger partial charge in [-0.1, -0.05) is 13.0 Å². The average Bonchev–Trinajstić information content (AvgIpc) is 2.82. The Morgan fingerprint density at radius 3 is 3.10 bits per heavy atom. The number of nitrogens with zero attached hydrogens (tertiary/aromatic N) is 1. The van der Waals surface area contributed by atoms with E-state index in [9.17, 15) is 9.90 Å². The Hall–Kier alpha value is -1.55. The predicted octanol–water partition coefficient (Wildman–Crippen LogP) is 2.48. The number of fused-ring (bicyclic) bond motifs is 1. The van der Waals surface area contributed by atoms with Crippen molar-refractivity contribution < 1.29 is 9.90 Å². The Kier molecular flexibility index (Phi) is 3.66. The molecule has 0 saturated carbocycles. The maximum absolute atomic E-state index is 11.6. The highest BCUT2D eigenvalue weighted by atomic mass is 16.3. The van der Waals surface area contributed by atoms with Crippen LogP contribution in [0.4, 0.5) is 5.69 Å². The summed E-state index contributed by atoms with van der Waals surface area (Å²) in [4.78, 5) is 14.1. The van der Waals surface area contributed by atoms with Gasteiger partial charge < -0.3 is 15.3 Å². The van der Waals surface area contributed by atoms with Crippen LogP contribution in [0.25, 0.3) is 0 Å². The van der Waals surface area contributed by atoms with Gasteiger partial charge in [0.25, 0.3) is 0 Å². The van der Waals surface area contributed by atoms with E-state index in [-0.39, 0.29) is 11.7 Å². The van der Waals surface area contributed by atoms with Crippen LogP contribution in [-0.2, 0) is 11.2 Å². The van der Waals surface area contributed by atoms with Crippen molar-refractivity contribution in [2.24, 2.45) is 0 Å².